The van der Waals surface area contributed by atoms with Gasteiger partial charge < -0.3 is 0 Å². The molecule has 4 nitrogen and oxygen atoms in total. The molecule has 3 atom stereocenters. The second-order valence-electron chi connectivity index (χ2n) is 9.76. The smallest absolute Gasteiger partial charge is 0.257 e. The summed E-state index contributed by atoms with van der Waals surface area (Å²) in [7, 11) is 0. The minimum absolute atomic E-state index is 0.0847. The van der Waals surface area contributed by atoms with Crippen LogP contribution in [0.5, 0.6) is 0 Å². The van der Waals surface area contributed by atoms with Crippen molar-refractivity contribution in [3.63, 3.8) is 0 Å². The molecule has 0 bridgehead atoms. The number of rotatable bonds is 4. The number of hydrazone groups is 1. The first-order chi connectivity index (χ1) is 16.5. The highest BCUT2D eigenvalue weighted by Gasteiger charge is 2.44. The summed E-state index contributed by atoms with van der Waals surface area (Å²) in [6.07, 6.45) is 8.83. The van der Waals surface area contributed by atoms with Crippen LogP contribution >= 0.6 is 23.2 Å². The van der Waals surface area contributed by atoms with Crippen molar-refractivity contribution in [3.8, 4) is 0 Å². The number of benzene rings is 2. The van der Waals surface area contributed by atoms with E-state index >= 15 is 0 Å². The van der Waals surface area contributed by atoms with Crippen LogP contribution in [0.2, 0.25) is 10.0 Å². The molecule has 0 spiro atoms. The third-order valence-electron chi connectivity index (χ3n) is 7.46. The van der Waals surface area contributed by atoms with Crippen LogP contribution in [0.25, 0.3) is 6.08 Å². The monoisotopic (exact) mass is 495 g/mol. The second kappa shape index (κ2) is 10.2. The zero-order valence-electron chi connectivity index (χ0n) is 19.6. The molecule has 2 aromatic rings. The molecule has 0 aromatic heterocycles. The average Bonchev–Trinajstić information content (AvgIpc) is 3.23. The Morgan fingerprint density at radius 2 is 1.71 bits per heavy atom. The Hall–Kier alpha value is -2.14. The Balaban J connectivity index is 1.48. The molecule has 178 valence electrons. The van der Waals surface area contributed by atoms with Gasteiger partial charge in [-0.05, 0) is 92.6 Å². The highest BCUT2D eigenvalue weighted by Crippen LogP contribution is 2.44. The van der Waals surface area contributed by atoms with E-state index in [1.807, 2.05) is 48.5 Å². The van der Waals surface area contributed by atoms with E-state index in [1.54, 1.807) is 5.01 Å². The standard InChI is InChI=1S/C28H31Cl2N3O/c1-19-5-2-3-16-32(19)18-26(34)33-28(21-10-14-24(30)15-11-21)25-7-4-6-22(27(25)31-33)17-20-8-12-23(29)13-9-20/h8-15,17,19,25,28H,2-7,16,18H2,1H3/b22-17-/t19-,25-,28-/m1/s1. The molecule has 0 unspecified atom stereocenters. The van der Waals surface area contributed by atoms with Gasteiger partial charge in [0.05, 0.1) is 18.3 Å². The topological polar surface area (TPSA) is 35.9 Å². The predicted octanol–water partition coefficient (Wildman–Crippen LogP) is 6.99. The van der Waals surface area contributed by atoms with Gasteiger partial charge in [0.25, 0.3) is 5.91 Å². The van der Waals surface area contributed by atoms with E-state index in [9.17, 15) is 4.79 Å². The van der Waals surface area contributed by atoms with Gasteiger partial charge in [-0.2, -0.15) is 5.10 Å². The number of halogens is 2. The average molecular weight is 496 g/mol. The van der Waals surface area contributed by atoms with Gasteiger partial charge in [0.15, 0.2) is 0 Å². The number of allylic oxidation sites excluding steroid dienone is 1. The molecule has 1 saturated heterocycles. The van der Waals surface area contributed by atoms with Gasteiger partial charge in [-0.25, -0.2) is 5.01 Å². The van der Waals surface area contributed by atoms with Crippen molar-refractivity contribution < 1.29 is 4.79 Å². The van der Waals surface area contributed by atoms with E-state index in [-0.39, 0.29) is 17.9 Å². The minimum Gasteiger partial charge on any atom is -0.292 e. The largest absolute Gasteiger partial charge is 0.292 e. The fourth-order valence-electron chi connectivity index (χ4n) is 5.60. The Bertz CT molecular complexity index is 1090. The van der Waals surface area contributed by atoms with E-state index in [0.29, 0.717) is 17.6 Å². The van der Waals surface area contributed by atoms with Crippen molar-refractivity contribution in [3.05, 3.63) is 75.3 Å². The Morgan fingerprint density at radius 1 is 1.00 bits per heavy atom. The summed E-state index contributed by atoms with van der Waals surface area (Å²) in [5.74, 6) is 0.276. The van der Waals surface area contributed by atoms with Gasteiger partial charge in [0, 0.05) is 22.0 Å². The van der Waals surface area contributed by atoms with E-state index in [0.717, 1.165) is 60.5 Å². The number of likely N-dealkylation sites (tertiary alicyclic amines) is 1. The van der Waals surface area contributed by atoms with Crippen LogP contribution in [0.3, 0.4) is 0 Å². The molecule has 2 aliphatic heterocycles. The molecule has 2 fully saturated rings. The normalized spacial score (nSPS) is 26.4. The lowest BCUT2D eigenvalue weighted by atomic mass is 9.77. The summed E-state index contributed by atoms with van der Waals surface area (Å²) in [6.45, 7) is 3.63. The third kappa shape index (κ3) is 4.95. The van der Waals surface area contributed by atoms with Crippen LogP contribution in [-0.2, 0) is 4.79 Å². The fraction of sp³-hybridized carbons (Fsp3) is 0.429. The molecular weight excluding hydrogens is 465 g/mol. The van der Waals surface area contributed by atoms with E-state index in [1.165, 1.54) is 12.0 Å². The third-order valence-corrected chi connectivity index (χ3v) is 7.96. The van der Waals surface area contributed by atoms with Crippen LogP contribution in [-0.4, -0.2) is 40.7 Å². The van der Waals surface area contributed by atoms with Gasteiger partial charge in [0.1, 0.15) is 0 Å². The second-order valence-corrected chi connectivity index (χ2v) is 10.6. The van der Waals surface area contributed by atoms with Crippen molar-refractivity contribution in [2.24, 2.45) is 11.0 Å². The first kappa shape index (κ1) is 23.6. The summed E-state index contributed by atoms with van der Waals surface area (Å²) >= 11 is 12.3. The lowest BCUT2D eigenvalue weighted by Crippen LogP contribution is -2.45. The van der Waals surface area contributed by atoms with Crippen LogP contribution in [0.1, 0.15) is 62.6 Å². The van der Waals surface area contributed by atoms with Crippen LogP contribution < -0.4 is 0 Å². The number of carbonyl (C=O) groups is 1. The van der Waals surface area contributed by atoms with E-state index < -0.39 is 0 Å². The number of fused-ring (bicyclic) bond motifs is 1. The van der Waals surface area contributed by atoms with Gasteiger partial charge in [-0.3, -0.25) is 9.69 Å². The number of hydrogen-bond donors (Lipinski definition) is 0. The number of hydrogen-bond acceptors (Lipinski definition) is 3. The zero-order chi connectivity index (χ0) is 23.7. The van der Waals surface area contributed by atoms with Crippen LogP contribution in [0.4, 0.5) is 0 Å². The lowest BCUT2D eigenvalue weighted by Gasteiger charge is -2.35. The molecule has 2 heterocycles. The Labute approximate surface area is 212 Å². The molecule has 1 saturated carbocycles. The molecule has 5 rings (SSSR count). The van der Waals surface area contributed by atoms with Gasteiger partial charge in [-0.1, -0.05) is 53.9 Å². The van der Waals surface area contributed by atoms with Crippen molar-refractivity contribution in [1.29, 1.82) is 0 Å². The molecule has 34 heavy (non-hydrogen) atoms. The minimum atomic E-state index is -0.0891. The highest BCUT2D eigenvalue weighted by atomic mass is 35.5. The summed E-state index contributed by atoms with van der Waals surface area (Å²) in [5.41, 5.74) is 4.49. The van der Waals surface area contributed by atoms with Crippen molar-refractivity contribution in [1.82, 2.24) is 9.91 Å². The lowest BCUT2D eigenvalue weighted by molar-refractivity contribution is -0.135. The maximum atomic E-state index is 13.7. The molecular formula is C28H31Cl2N3O. The fourth-order valence-corrected chi connectivity index (χ4v) is 5.85. The van der Waals surface area contributed by atoms with Crippen molar-refractivity contribution in [2.45, 2.75) is 57.5 Å². The van der Waals surface area contributed by atoms with Crippen LogP contribution in [0, 0.1) is 5.92 Å². The van der Waals surface area contributed by atoms with Crippen molar-refractivity contribution >= 4 is 40.9 Å². The summed E-state index contributed by atoms with van der Waals surface area (Å²) < 4.78 is 0. The maximum absolute atomic E-state index is 13.7. The van der Waals surface area contributed by atoms with Crippen molar-refractivity contribution in [2.75, 3.05) is 13.1 Å². The number of amides is 1. The number of nitrogens with zero attached hydrogens (tertiary/aromatic N) is 3. The van der Waals surface area contributed by atoms with Gasteiger partial charge in [-0.15, -0.1) is 0 Å². The first-order valence-corrected chi connectivity index (χ1v) is 13.1. The molecule has 3 aliphatic rings. The highest BCUT2D eigenvalue weighted by molar-refractivity contribution is 6.30. The summed E-state index contributed by atoms with van der Waals surface area (Å²) in [4.78, 5) is 16.0. The number of piperidine rings is 1. The SMILES string of the molecule is C[C@@H]1CCCCN1CC(=O)N1N=C2/C(=C\c3ccc(Cl)cc3)CCC[C@H]2[C@H]1c1ccc(Cl)cc1. The van der Waals surface area contributed by atoms with E-state index in [2.05, 4.69) is 17.9 Å². The molecule has 6 heteroatoms. The Morgan fingerprint density at radius 3 is 2.41 bits per heavy atom. The zero-order valence-corrected chi connectivity index (χ0v) is 21.1. The predicted molar refractivity (Wildman–Crippen MR) is 140 cm³/mol. The number of carbonyl (C=O) groups excluding carboxylic acids is 1. The molecule has 0 N–H and O–H groups in total. The molecule has 1 amide bonds. The molecule has 1 aliphatic carbocycles. The summed E-state index contributed by atoms with van der Waals surface area (Å²) in [6, 6.07) is 16.2. The quantitative estimate of drug-likeness (QED) is 0.457. The Kier molecular flexibility index (Phi) is 7.10. The first-order valence-electron chi connectivity index (χ1n) is 12.4. The molecule has 2 aromatic carbocycles. The van der Waals surface area contributed by atoms with Crippen LogP contribution in [0.15, 0.2) is 59.2 Å². The summed E-state index contributed by atoms with van der Waals surface area (Å²) in [5, 5.41) is 8.24. The van der Waals surface area contributed by atoms with Gasteiger partial charge in [0.2, 0.25) is 0 Å². The molecule has 0 radical (unpaired) electrons. The van der Waals surface area contributed by atoms with Gasteiger partial charge >= 0.3 is 0 Å². The van der Waals surface area contributed by atoms with E-state index in [4.69, 9.17) is 28.3 Å². The maximum Gasteiger partial charge on any atom is 0.257 e.